The van der Waals surface area contributed by atoms with E-state index in [0.717, 1.165) is 25.6 Å². The summed E-state index contributed by atoms with van der Waals surface area (Å²) in [6, 6.07) is 1.30. The summed E-state index contributed by atoms with van der Waals surface area (Å²) >= 11 is 0. The third-order valence-corrected chi connectivity index (χ3v) is 4.68. The molecule has 0 bridgehead atoms. The number of carbonyl (C=O) groups is 1. The molecule has 1 amide bonds. The Morgan fingerprint density at radius 1 is 1.25 bits per heavy atom. The molecule has 2 rings (SSSR count). The van der Waals surface area contributed by atoms with E-state index in [-0.39, 0.29) is 11.4 Å². The summed E-state index contributed by atoms with van der Waals surface area (Å²) in [7, 11) is 0. The molecule has 0 aromatic rings. The second-order valence-electron chi connectivity index (χ2n) is 7.09. The largest absolute Gasteiger partial charge is 0.350 e. The number of rotatable bonds is 7. The lowest BCUT2D eigenvalue weighted by molar-refractivity contribution is -0.124. The molecule has 2 aliphatic rings. The fraction of sp³-hybridized carbons (Fsp3) is 0.938. The van der Waals surface area contributed by atoms with Crippen LogP contribution >= 0.6 is 0 Å². The van der Waals surface area contributed by atoms with Crippen LogP contribution in [0.3, 0.4) is 0 Å². The lowest BCUT2D eigenvalue weighted by Gasteiger charge is -2.36. The third-order valence-electron chi connectivity index (χ3n) is 4.68. The highest BCUT2D eigenvalue weighted by atomic mass is 16.2. The van der Waals surface area contributed by atoms with Crippen molar-refractivity contribution in [1.29, 1.82) is 0 Å². The zero-order chi connectivity index (χ0) is 14.6. The second kappa shape index (κ2) is 6.90. The summed E-state index contributed by atoms with van der Waals surface area (Å²) in [6.45, 7) is 8.97. The quantitative estimate of drug-likeness (QED) is 0.749. The smallest absolute Gasteiger partial charge is 0.234 e. The van der Waals surface area contributed by atoms with Gasteiger partial charge in [-0.2, -0.15) is 0 Å². The molecule has 0 aromatic heterocycles. The maximum Gasteiger partial charge on any atom is 0.234 e. The van der Waals surface area contributed by atoms with E-state index in [1.165, 1.54) is 32.1 Å². The molecular formula is C16H31N3O. The van der Waals surface area contributed by atoms with Crippen molar-refractivity contribution in [2.24, 2.45) is 0 Å². The number of piperidine rings is 1. The van der Waals surface area contributed by atoms with Gasteiger partial charge in [-0.3, -0.25) is 9.69 Å². The van der Waals surface area contributed by atoms with Crippen LogP contribution < -0.4 is 10.6 Å². The molecule has 116 valence electrons. The van der Waals surface area contributed by atoms with E-state index < -0.39 is 0 Å². The number of hydrogen-bond acceptors (Lipinski definition) is 3. The molecule has 1 atom stereocenters. The zero-order valence-corrected chi connectivity index (χ0v) is 13.4. The number of nitrogens with one attached hydrogen (secondary N) is 2. The Bertz CT molecular complexity index is 326. The van der Waals surface area contributed by atoms with Gasteiger partial charge in [0.25, 0.3) is 0 Å². The molecule has 0 spiro atoms. The van der Waals surface area contributed by atoms with Crippen molar-refractivity contribution < 1.29 is 4.79 Å². The number of carbonyl (C=O) groups excluding carboxylic acids is 1. The average molecular weight is 281 g/mol. The van der Waals surface area contributed by atoms with Crippen LogP contribution in [0.15, 0.2) is 0 Å². The van der Waals surface area contributed by atoms with Gasteiger partial charge in [-0.15, -0.1) is 0 Å². The van der Waals surface area contributed by atoms with E-state index in [2.05, 4.69) is 36.3 Å². The third kappa shape index (κ3) is 5.06. The van der Waals surface area contributed by atoms with E-state index in [1.807, 2.05) is 0 Å². The maximum absolute atomic E-state index is 12.2. The fourth-order valence-electron chi connectivity index (χ4n) is 2.78. The van der Waals surface area contributed by atoms with Crippen LogP contribution in [0.4, 0.5) is 0 Å². The number of nitrogens with zero attached hydrogens (tertiary/aromatic N) is 1. The Morgan fingerprint density at radius 2 is 2.00 bits per heavy atom. The molecule has 4 nitrogen and oxygen atoms in total. The van der Waals surface area contributed by atoms with Gasteiger partial charge < -0.3 is 10.6 Å². The maximum atomic E-state index is 12.2. The van der Waals surface area contributed by atoms with Crippen LogP contribution in [0.1, 0.15) is 59.3 Å². The van der Waals surface area contributed by atoms with E-state index in [9.17, 15) is 4.79 Å². The molecular weight excluding hydrogens is 250 g/mol. The lowest BCUT2D eigenvalue weighted by Crippen LogP contribution is -2.52. The van der Waals surface area contributed by atoms with E-state index in [0.29, 0.717) is 12.6 Å². The number of hydrogen-bond donors (Lipinski definition) is 2. The molecule has 20 heavy (non-hydrogen) atoms. The molecule has 2 fully saturated rings. The van der Waals surface area contributed by atoms with E-state index >= 15 is 0 Å². The molecule has 1 heterocycles. The first-order chi connectivity index (χ1) is 9.50. The number of amides is 1. The Hall–Kier alpha value is -0.610. The SMILES string of the molecule is CCC(C)(C)NC(=O)CN1CCCCC1CNC1CC1. The minimum Gasteiger partial charge on any atom is -0.350 e. The predicted molar refractivity (Wildman–Crippen MR) is 82.7 cm³/mol. The van der Waals surface area contributed by atoms with Crippen molar-refractivity contribution in [3.05, 3.63) is 0 Å². The summed E-state index contributed by atoms with van der Waals surface area (Å²) < 4.78 is 0. The van der Waals surface area contributed by atoms with Crippen LogP contribution in [0.25, 0.3) is 0 Å². The monoisotopic (exact) mass is 281 g/mol. The highest BCUT2D eigenvalue weighted by Crippen LogP contribution is 2.21. The molecule has 1 aliphatic carbocycles. The van der Waals surface area contributed by atoms with Gasteiger partial charge in [-0.05, 0) is 52.5 Å². The van der Waals surface area contributed by atoms with Gasteiger partial charge in [0, 0.05) is 24.2 Å². The molecule has 0 aromatic carbocycles. The molecule has 1 unspecified atom stereocenters. The fourth-order valence-corrected chi connectivity index (χ4v) is 2.78. The van der Waals surface area contributed by atoms with Gasteiger partial charge in [0.1, 0.15) is 0 Å². The summed E-state index contributed by atoms with van der Waals surface area (Å²) in [5.74, 6) is 0.176. The molecule has 1 aliphatic heterocycles. The van der Waals surface area contributed by atoms with Crippen molar-refractivity contribution >= 4 is 5.91 Å². The van der Waals surface area contributed by atoms with E-state index in [4.69, 9.17) is 0 Å². The normalized spacial score (nSPS) is 24.6. The Kier molecular flexibility index (Phi) is 5.44. The van der Waals surface area contributed by atoms with Crippen molar-refractivity contribution in [2.75, 3.05) is 19.6 Å². The van der Waals surface area contributed by atoms with Crippen molar-refractivity contribution in [1.82, 2.24) is 15.5 Å². The summed E-state index contributed by atoms with van der Waals surface area (Å²) in [6.07, 6.45) is 7.38. The first-order valence-electron chi connectivity index (χ1n) is 8.28. The predicted octanol–water partition coefficient (Wildman–Crippen LogP) is 1.90. The molecule has 1 saturated heterocycles. The summed E-state index contributed by atoms with van der Waals surface area (Å²) in [4.78, 5) is 14.6. The van der Waals surface area contributed by atoms with Crippen molar-refractivity contribution in [2.45, 2.75) is 76.9 Å². The molecule has 2 N–H and O–H groups in total. The van der Waals surface area contributed by atoms with Crippen molar-refractivity contribution in [3.8, 4) is 0 Å². The summed E-state index contributed by atoms with van der Waals surface area (Å²) in [5.41, 5.74) is -0.0887. The average Bonchev–Trinajstić information content (AvgIpc) is 3.21. The van der Waals surface area contributed by atoms with Crippen LogP contribution in [0, 0.1) is 0 Å². The Labute approximate surface area is 123 Å². The molecule has 4 heteroatoms. The van der Waals surface area contributed by atoms with Crippen LogP contribution in [-0.4, -0.2) is 48.1 Å². The minimum atomic E-state index is -0.0887. The second-order valence-corrected chi connectivity index (χ2v) is 7.09. The first-order valence-corrected chi connectivity index (χ1v) is 8.28. The van der Waals surface area contributed by atoms with Crippen LogP contribution in [0.2, 0.25) is 0 Å². The zero-order valence-electron chi connectivity index (χ0n) is 13.4. The van der Waals surface area contributed by atoms with Crippen LogP contribution in [0.5, 0.6) is 0 Å². The highest BCUT2D eigenvalue weighted by molar-refractivity contribution is 5.78. The Balaban J connectivity index is 1.79. The van der Waals surface area contributed by atoms with Gasteiger partial charge >= 0.3 is 0 Å². The topological polar surface area (TPSA) is 44.4 Å². The summed E-state index contributed by atoms with van der Waals surface area (Å²) in [5, 5.41) is 6.77. The number of likely N-dealkylation sites (tertiary alicyclic amines) is 1. The Morgan fingerprint density at radius 3 is 2.65 bits per heavy atom. The first kappa shape index (κ1) is 15.8. The van der Waals surface area contributed by atoms with E-state index in [1.54, 1.807) is 0 Å². The lowest BCUT2D eigenvalue weighted by atomic mass is 10.0. The standard InChI is InChI=1S/C16H31N3O/c1-4-16(2,3)18-15(20)12-19-10-6-5-7-14(19)11-17-13-8-9-13/h13-14,17H,4-12H2,1-3H3,(H,18,20). The minimum absolute atomic E-state index is 0.0887. The van der Waals surface area contributed by atoms with Gasteiger partial charge in [0.2, 0.25) is 5.91 Å². The molecule has 0 radical (unpaired) electrons. The van der Waals surface area contributed by atoms with Gasteiger partial charge in [0.15, 0.2) is 0 Å². The highest BCUT2D eigenvalue weighted by Gasteiger charge is 2.28. The van der Waals surface area contributed by atoms with Gasteiger partial charge in [-0.25, -0.2) is 0 Å². The van der Waals surface area contributed by atoms with Gasteiger partial charge in [-0.1, -0.05) is 13.3 Å². The van der Waals surface area contributed by atoms with Crippen LogP contribution in [-0.2, 0) is 4.79 Å². The molecule has 1 saturated carbocycles. The van der Waals surface area contributed by atoms with Crippen molar-refractivity contribution in [3.63, 3.8) is 0 Å². The van der Waals surface area contributed by atoms with Gasteiger partial charge in [0.05, 0.1) is 6.54 Å².